The molecular formula is C17H34N2O. The largest absolute Gasteiger partial charge is 0.353 e. The number of hydrogen-bond donors (Lipinski definition) is 2. The van der Waals surface area contributed by atoms with Crippen molar-refractivity contribution < 1.29 is 4.79 Å². The predicted octanol–water partition coefficient (Wildman–Crippen LogP) is 3.47. The summed E-state index contributed by atoms with van der Waals surface area (Å²) in [5, 5.41) is 3.23. The zero-order chi connectivity index (χ0) is 15.2. The van der Waals surface area contributed by atoms with Gasteiger partial charge < -0.3 is 11.1 Å². The Morgan fingerprint density at radius 3 is 2.55 bits per heavy atom. The first-order chi connectivity index (χ1) is 9.32. The van der Waals surface area contributed by atoms with Gasteiger partial charge in [-0.05, 0) is 49.5 Å². The van der Waals surface area contributed by atoms with E-state index >= 15 is 0 Å². The van der Waals surface area contributed by atoms with E-state index in [0.717, 1.165) is 31.6 Å². The molecule has 3 atom stereocenters. The van der Waals surface area contributed by atoms with Crippen LogP contribution in [-0.4, -0.2) is 18.5 Å². The molecule has 0 aromatic carbocycles. The molecule has 0 saturated heterocycles. The number of rotatable bonds is 6. The molecule has 1 aliphatic rings. The van der Waals surface area contributed by atoms with E-state index in [1.165, 1.54) is 12.8 Å². The molecule has 1 rings (SSSR count). The quantitative estimate of drug-likeness (QED) is 0.783. The number of carbonyl (C=O) groups is 1. The minimum atomic E-state index is 0.232. The van der Waals surface area contributed by atoms with E-state index in [-0.39, 0.29) is 11.3 Å². The minimum Gasteiger partial charge on any atom is -0.353 e. The fourth-order valence-electron chi connectivity index (χ4n) is 3.38. The van der Waals surface area contributed by atoms with E-state index in [2.05, 4.69) is 33.0 Å². The molecule has 0 aromatic heterocycles. The second-order valence-corrected chi connectivity index (χ2v) is 7.72. The van der Waals surface area contributed by atoms with Crippen molar-refractivity contribution in [2.45, 2.75) is 78.7 Å². The maximum atomic E-state index is 12.1. The molecular weight excluding hydrogens is 248 g/mol. The maximum absolute atomic E-state index is 12.1. The summed E-state index contributed by atoms with van der Waals surface area (Å²) in [7, 11) is 0. The van der Waals surface area contributed by atoms with Crippen LogP contribution in [-0.2, 0) is 4.79 Å². The van der Waals surface area contributed by atoms with Gasteiger partial charge in [0.05, 0.1) is 0 Å². The van der Waals surface area contributed by atoms with Gasteiger partial charge in [-0.15, -0.1) is 0 Å². The lowest BCUT2D eigenvalue weighted by Crippen LogP contribution is -2.38. The van der Waals surface area contributed by atoms with Gasteiger partial charge in [0.1, 0.15) is 0 Å². The van der Waals surface area contributed by atoms with Gasteiger partial charge in [-0.2, -0.15) is 0 Å². The predicted molar refractivity (Wildman–Crippen MR) is 85.4 cm³/mol. The summed E-state index contributed by atoms with van der Waals surface area (Å²) in [5.74, 6) is 1.52. The van der Waals surface area contributed by atoms with Gasteiger partial charge in [-0.25, -0.2) is 0 Å². The maximum Gasteiger partial charge on any atom is 0.220 e. The van der Waals surface area contributed by atoms with Crippen LogP contribution in [0.3, 0.4) is 0 Å². The molecule has 0 radical (unpaired) electrons. The molecule has 3 nitrogen and oxygen atoms in total. The van der Waals surface area contributed by atoms with Crippen molar-refractivity contribution in [3.05, 3.63) is 0 Å². The first-order valence-electron chi connectivity index (χ1n) is 8.32. The number of hydrogen-bond acceptors (Lipinski definition) is 2. The normalized spacial score (nSPS) is 25.2. The zero-order valence-corrected chi connectivity index (χ0v) is 13.9. The Labute approximate surface area is 125 Å². The standard InChI is InChI=1S/C17H34N2O/c1-13-6-5-7-15(12-13)19-16(20)9-8-14(10-11-18)17(2,3)4/h13-15H,5-12,18H2,1-4H3,(H,19,20). The third-order valence-corrected chi connectivity index (χ3v) is 4.76. The topological polar surface area (TPSA) is 55.1 Å². The molecule has 3 unspecified atom stereocenters. The Morgan fingerprint density at radius 2 is 2.00 bits per heavy atom. The van der Waals surface area contributed by atoms with Crippen molar-refractivity contribution in [2.75, 3.05) is 6.54 Å². The van der Waals surface area contributed by atoms with Crippen LogP contribution in [0.2, 0.25) is 0 Å². The van der Waals surface area contributed by atoms with Crippen molar-refractivity contribution in [1.82, 2.24) is 5.32 Å². The summed E-state index contributed by atoms with van der Waals surface area (Å²) < 4.78 is 0. The number of carbonyl (C=O) groups excluding carboxylic acids is 1. The molecule has 20 heavy (non-hydrogen) atoms. The molecule has 118 valence electrons. The molecule has 0 spiro atoms. The van der Waals surface area contributed by atoms with Gasteiger partial charge in [0, 0.05) is 12.5 Å². The van der Waals surface area contributed by atoms with Crippen LogP contribution in [0.25, 0.3) is 0 Å². The van der Waals surface area contributed by atoms with Crippen molar-refractivity contribution >= 4 is 5.91 Å². The number of nitrogens with one attached hydrogen (secondary N) is 1. The zero-order valence-electron chi connectivity index (χ0n) is 13.9. The van der Waals surface area contributed by atoms with Gasteiger partial charge in [-0.1, -0.05) is 40.5 Å². The average Bonchev–Trinajstić information content (AvgIpc) is 2.33. The van der Waals surface area contributed by atoms with Crippen LogP contribution in [0, 0.1) is 17.3 Å². The van der Waals surface area contributed by atoms with Crippen molar-refractivity contribution in [1.29, 1.82) is 0 Å². The highest BCUT2D eigenvalue weighted by atomic mass is 16.1. The second-order valence-electron chi connectivity index (χ2n) is 7.72. The van der Waals surface area contributed by atoms with Gasteiger partial charge in [-0.3, -0.25) is 4.79 Å². The lowest BCUT2D eigenvalue weighted by atomic mass is 9.76. The number of amides is 1. The molecule has 1 fully saturated rings. The van der Waals surface area contributed by atoms with Crippen LogP contribution >= 0.6 is 0 Å². The molecule has 0 aromatic rings. The molecule has 1 aliphatic carbocycles. The van der Waals surface area contributed by atoms with Crippen LogP contribution in [0.1, 0.15) is 72.6 Å². The Kier molecular flexibility index (Phi) is 7.01. The highest BCUT2D eigenvalue weighted by Crippen LogP contribution is 2.32. The third kappa shape index (κ3) is 6.25. The lowest BCUT2D eigenvalue weighted by Gasteiger charge is -2.31. The Morgan fingerprint density at radius 1 is 1.30 bits per heavy atom. The molecule has 3 N–H and O–H groups in total. The molecule has 0 bridgehead atoms. The SMILES string of the molecule is CC1CCCC(NC(=O)CCC(CCN)C(C)(C)C)C1. The van der Waals surface area contributed by atoms with Crippen LogP contribution in [0.15, 0.2) is 0 Å². The lowest BCUT2D eigenvalue weighted by molar-refractivity contribution is -0.122. The first kappa shape index (κ1) is 17.5. The summed E-state index contributed by atoms with van der Waals surface area (Å²) in [6, 6.07) is 0.411. The van der Waals surface area contributed by atoms with Crippen molar-refractivity contribution in [2.24, 2.45) is 23.0 Å². The van der Waals surface area contributed by atoms with E-state index in [1.54, 1.807) is 0 Å². The van der Waals surface area contributed by atoms with Gasteiger partial charge in [0.15, 0.2) is 0 Å². The molecule has 0 aliphatic heterocycles. The Bertz CT molecular complexity index is 296. The smallest absolute Gasteiger partial charge is 0.220 e. The van der Waals surface area contributed by atoms with E-state index in [0.29, 0.717) is 24.9 Å². The number of nitrogens with two attached hydrogens (primary N) is 1. The summed E-state index contributed by atoms with van der Waals surface area (Å²) >= 11 is 0. The van der Waals surface area contributed by atoms with Crippen LogP contribution < -0.4 is 11.1 Å². The molecule has 1 saturated carbocycles. The summed E-state index contributed by atoms with van der Waals surface area (Å²) in [5.41, 5.74) is 5.93. The van der Waals surface area contributed by atoms with E-state index in [4.69, 9.17) is 5.73 Å². The van der Waals surface area contributed by atoms with E-state index < -0.39 is 0 Å². The van der Waals surface area contributed by atoms with Gasteiger partial charge in [0.2, 0.25) is 5.91 Å². The van der Waals surface area contributed by atoms with Gasteiger partial charge >= 0.3 is 0 Å². The molecule has 1 amide bonds. The summed E-state index contributed by atoms with van der Waals surface area (Å²) in [4.78, 5) is 12.1. The fourth-order valence-corrected chi connectivity index (χ4v) is 3.38. The highest BCUT2D eigenvalue weighted by Gasteiger charge is 2.25. The fraction of sp³-hybridized carbons (Fsp3) is 0.941. The average molecular weight is 282 g/mol. The summed E-state index contributed by atoms with van der Waals surface area (Å²) in [6.45, 7) is 9.73. The molecule has 3 heteroatoms. The van der Waals surface area contributed by atoms with E-state index in [9.17, 15) is 4.79 Å². The van der Waals surface area contributed by atoms with Crippen molar-refractivity contribution in [3.63, 3.8) is 0 Å². The highest BCUT2D eigenvalue weighted by molar-refractivity contribution is 5.76. The van der Waals surface area contributed by atoms with Crippen LogP contribution in [0.4, 0.5) is 0 Å². The Balaban J connectivity index is 2.34. The Hall–Kier alpha value is -0.570. The van der Waals surface area contributed by atoms with E-state index in [1.807, 2.05) is 0 Å². The van der Waals surface area contributed by atoms with Crippen molar-refractivity contribution in [3.8, 4) is 0 Å². The van der Waals surface area contributed by atoms with Gasteiger partial charge in [0.25, 0.3) is 0 Å². The van der Waals surface area contributed by atoms with Crippen LogP contribution in [0.5, 0.6) is 0 Å². The molecule has 0 heterocycles. The monoisotopic (exact) mass is 282 g/mol. The second kappa shape index (κ2) is 8.02. The third-order valence-electron chi connectivity index (χ3n) is 4.76. The first-order valence-corrected chi connectivity index (χ1v) is 8.32. The summed E-state index contributed by atoms with van der Waals surface area (Å²) in [6.07, 6.45) is 7.48. The minimum absolute atomic E-state index is 0.232.